The summed E-state index contributed by atoms with van der Waals surface area (Å²) in [6.45, 7) is 5.33. The van der Waals surface area contributed by atoms with Gasteiger partial charge in [0.2, 0.25) is 5.82 Å². The topological polar surface area (TPSA) is 106 Å². The first-order valence-electron chi connectivity index (χ1n) is 7.04. The highest BCUT2D eigenvalue weighted by Gasteiger charge is 2.18. The molecule has 0 radical (unpaired) electrons. The second kappa shape index (κ2) is 6.88. The Morgan fingerprint density at radius 2 is 2.08 bits per heavy atom. The number of hydrogen-bond donors (Lipinski definition) is 2. The third-order valence-electron chi connectivity index (χ3n) is 2.92. The molecular weight excluding hydrogens is 336 g/mol. The zero-order valence-electron chi connectivity index (χ0n) is 13.4. The SMILES string of the molecule is CC(C)(C)n1cnc(C(=O)Nc2ccc(OCC(=O)O)c(Cl)c2)n1. The molecule has 2 rings (SSSR count). The van der Waals surface area contributed by atoms with Gasteiger partial charge < -0.3 is 15.2 Å². The number of hydrogen-bond acceptors (Lipinski definition) is 5. The number of amides is 1. The molecule has 1 aromatic heterocycles. The number of aromatic nitrogens is 3. The van der Waals surface area contributed by atoms with Crippen molar-refractivity contribution in [3.05, 3.63) is 35.4 Å². The Kier molecular flexibility index (Phi) is 5.08. The largest absolute Gasteiger partial charge is 0.480 e. The van der Waals surface area contributed by atoms with Gasteiger partial charge in [0.05, 0.1) is 10.6 Å². The van der Waals surface area contributed by atoms with Crippen LogP contribution in [0.2, 0.25) is 5.02 Å². The van der Waals surface area contributed by atoms with Crippen molar-refractivity contribution in [2.24, 2.45) is 0 Å². The van der Waals surface area contributed by atoms with Gasteiger partial charge in [0.15, 0.2) is 6.61 Å². The van der Waals surface area contributed by atoms with Crippen molar-refractivity contribution in [3.63, 3.8) is 0 Å². The number of nitrogens with one attached hydrogen (secondary N) is 1. The molecule has 0 fully saturated rings. The Labute approximate surface area is 143 Å². The molecule has 128 valence electrons. The second-order valence-electron chi connectivity index (χ2n) is 5.97. The minimum atomic E-state index is -1.11. The molecule has 1 heterocycles. The van der Waals surface area contributed by atoms with E-state index >= 15 is 0 Å². The van der Waals surface area contributed by atoms with E-state index in [0.29, 0.717) is 5.69 Å². The Balaban J connectivity index is 2.08. The maximum Gasteiger partial charge on any atom is 0.341 e. The molecule has 0 bridgehead atoms. The van der Waals surface area contributed by atoms with E-state index in [1.54, 1.807) is 10.7 Å². The Hall–Kier alpha value is -2.61. The van der Waals surface area contributed by atoms with Gasteiger partial charge in [-0.1, -0.05) is 11.6 Å². The van der Waals surface area contributed by atoms with Crippen LogP contribution in [-0.4, -0.2) is 38.4 Å². The van der Waals surface area contributed by atoms with Crippen LogP contribution in [0.25, 0.3) is 0 Å². The Bertz CT molecular complexity index is 767. The van der Waals surface area contributed by atoms with Crippen LogP contribution in [0.3, 0.4) is 0 Å². The van der Waals surface area contributed by atoms with Gasteiger partial charge in [-0.05, 0) is 39.0 Å². The highest BCUT2D eigenvalue weighted by atomic mass is 35.5. The van der Waals surface area contributed by atoms with Crippen LogP contribution in [0.5, 0.6) is 5.75 Å². The molecule has 9 heteroatoms. The molecule has 0 aliphatic heterocycles. The van der Waals surface area contributed by atoms with E-state index in [-0.39, 0.29) is 22.1 Å². The van der Waals surface area contributed by atoms with Crippen LogP contribution in [0.1, 0.15) is 31.4 Å². The van der Waals surface area contributed by atoms with E-state index in [1.807, 2.05) is 20.8 Å². The summed E-state index contributed by atoms with van der Waals surface area (Å²) in [6, 6.07) is 4.47. The lowest BCUT2D eigenvalue weighted by Gasteiger charge is -2.17. The summed E-state index contributed by atoms with van der Waals surface area (Å²) in [4.78, 5) is 26.6. The predicted octanol–water partition coefficient (Wildman–Crippen LogP) is 2.40. The minimum Gasteiger partial charge on any atom is -0.480 e. The first-order chi connectivity index (χ1) is 11.2. The van der Waals surface area contributed by atoms with Gasteiger partial charge in [-0.2, -0.15) is 0 Å². The summed E-state index contributed by atoms with van der Waals surface area (Å²) < 4.78 is 6.61. The molecule has 1 aromatic carbocycles. The number of rotatable bonds is 5. The van der Waals surface area contributed by atoms with Crippen LogP contribution >= 0.6 is 11.6 Å². The molecule has 2 N–H and O–H groups in total. The summed E-state index contributed by atoms with van der Waals surface area (Å²) >= 11 is 6.00. The number of carboxylic acids is 1. The Morgan fingerprint density at radius 3 is 2.62 bits per heavy atom. The van der Waals surface area contributed by atoms with Crippen molar-refractivity contribution in [2.45, 2.75) is 26.3 Å². The molecule has 0 saturated carbocycles. The number of carbonyl (C=O) groups is 2. The third kappa shape index (κ3) is 4.45. The van der Waals surface area contributed by atoms with E-state index in [0.717, 1.165) is 0 Å². The molecule has 0 unspecified atom stereocenters. The van der Waals surface area contributed by atoms with E-state index in [1.165, 1.54) is 18.5 Å². The zero-order valence-corrected chi connectivity index (χ0v) is 14.2. The highest BCUT2D eigenvalue weighted by Crippen LogP contribution is 2.27. The van der Waals surface area contributed by atoms with Crippen molar-refractivity contribution in [3.8, 4) is 5.75 Å². The van der Waals surface area contributed by atoms with Gasteiger partial charge >= 0.3 is 5.97 Å². The number of anilines is 1. The van der Waals surface area contributed by atoms with Crippen LogP contribution < -0.4 is 10.1 Å². The number of carboxylic acid groups (broad SMARTS) is 1. The molecule has 0 saturated heterocycles. The summed E-state index contributed by atoms with van der Waals surface area (Å²) in [7, 11) is 0. The first-order valence-corrected chi connectivity index (χ1v) is 7.42. The molecule has 8 nitrogen and oxygen atoms in total. The smallest absolute Gasteiger partial charge is 0.341 e. The molecule has 24 heavy (non-hydrogen) atoms. The van der Waals surface area contributed by atoms with Crippen molar-refractivity contribution in [2.75, 3.05) is 11.9 Å². The average Bonchev–Trinajstić information content (AvgIpc) is 2.96. The fourth-order valence-electron chi connectivity index (χ4n) is 1.71. The quantitative estimate of drug-likeness (QED) is 0.855. The summed E-state index contributed by atoms with van der Waals surface area (Å²) in [5, 5.41) is 15.5. The van der Waals surface area contributed by atoms with E-state index in [9.17, 15) is 9.59 Å². The van der Waals surface area contributed by atoms with Crippen LogP contribution in [-0.2, 0) is 10.3 Å². The maximum atomic E-state index is 12.2. The second-order valence-corrected chi connectivity index (χ2v) is 6.37. The lowest BCUT2D eigenvalue weighted by atomic mass is 10.1. The normalized spacial score (nSPS) is 11.2. The van der Waals surface area contributed by atoms with Crippen molar-refractivity contribution in [1.29, 1.82) is 0 Å². The van der Waals surface area contributed by atoms with Crippen LogP contribution in [0, 0.1) is 0 Å². The molecule has 1 amide bonds. The maximum absolute atomic E-state index is 12.2. The van der Waals surface area contributed by atoms with Crippen LogP contribution in [0.4, 0.5) is 5.69 Å². The van der Waals surface area contributed by atoms with Gasteiger partial charge in [-0.25, -0.2) is 14.5 Å². The van der Waals surface area contributed by atoms with Crippen LogP contribution in [0.15, 0.2) is 24.5 Å². The molecule has 0 aliphatic carbocycles. The minimum absolute atomic E-state index is 0.0345. The van der Waals surface area contributed by atoms with E-state index in [4.69, 9.17) is 21.4 Å². The molecule has 0 atom stereocenters. The fourth-order valence-corrected chi connectivity index (χ4v) is 1.95. The average molecular weight is 353 g/mol. The van der Waals surface area contributed by atoms with E-state index in [2.05, 4.69) is 15.4 Å². The Morgan fingerprint density at radius 1 is 1.38 bits per heavy atom. The number of aliphatic carboxylic acids is 1. The zero-order chi connectivity index (χ0) is 17.9. The van der Waals surface area contributed by atoms with Gasteiger partial charge in [-0.3, -0.25) is 4.79 Å². The van der Waals surface area contributed by atoms with Gasteiger partial charge in [0, 0.05) is 5.69 Å². The van der Waals surface area contributed by atoms with Gasteiger partial charge in [0.25, 0.3) is 5.91 Å². The standard InChI is InChI=1S/C15H17ClN4O4/c1-15(2,3)20-8-17-13(19-20)14(23)18-9-4-5-11(10(16)6-9)24-7-12(21)22/h4-6,8H,7H2,1-3H3,(H,18,23)(H,21,22). The summed E-state index contributed by atoms with van der Waals surface area (Å²) in [6.07, 6.45) is 1.49. The first kappa shape index (κ1) is 17.7. The van der Waals surface area contributed by atoms with E-state index < -0.39 is 18.5 Å². The number of halogens is 1. The third-order valence-corrected chi connectivity index (χ3v) is 3.22. The van der Waals surface area contributed by atoms with Crippen molar-refractivity contribution < 1.29 is 19.4 Å². The molecule has 0 aliphatic rings. The van der Waals surface area contributed by atoms with Crippen molar-refractivity contribution in [1.82, 2.24) is 14.8 Å². The number of nitrogens with zero attached hydrogens (tertiary/aromatic N) is 3. The fraction of sp³-hybridized carbons (Fsp3) is 0.333. The van der Waals surface area contributed by atoms with Gasteiger partial charge in [-0.15, -0.1) is 5.10 Å². The molecular formula is C15H17ClN4O4. The number of ether oxygens (including phenoxy) is 1. The summed E-state index contributed by atoms with van der Waals surface area (Å²) in [5.74, 6) is -1.34. The van der Waals surface area contributed by atoms with Crippen molar-refractivity contribution >= 4 is 29.2 Å². The molecule has 2 aromatic rings. The molecule has 0 spiro atoms. The highest BCUT2D eigenvalue weighted by molar-refractivity contribution is 6.32. The number of benzene rings is 1. The summed E-state index contributed by atoms with van der Waals surface area (Å²) in [5.41, 5.74) is 0.137. The monoisotopic (exact) mass is 352 g/mol. The lowest BCUT2D eigenvalue weighted by molar-refractivity contribution is -0.139. The predicted molar refractivity (Wildman–Crippen MR) is 87.6 cm³/mol. The lowest BCUT2D eigenvalue weighted by Crippen LogP contribution is -2.23. The number of carbonyl (C=O) groups excluding carboxylic acids is 1. The van der Waals surface area contributed by atoms with Gasteiger partial charge in [0.1, 0.15) is 12.1 Å².